The molecule has 2 aromatic carbocycles. The number of nitrogens with one attached hydrogen (secondary N) is 2. The van der Waals surface area contributed by atoms with Crippen LogP contribution < -0.4 is 10.6 Å². The number of halogens is 2. The van der Waals surface area contributed by atoms with Crippen molar-refractivity contribution in [3.05, 3.63) is 70.0 Å². The molecule has 0 saturated heterocycles. The summed E-state index contributed by atoms with van der Waals surface area (Å²) in [6, 6.07) is 16.2. The molecule has 0 radical (unpaired) electrons. The van der Waals surface area contributed by atoms with Gasteiger partial charge in [0.1, 0.15) is 0 Å². The molecule has 8 nitrogen and oxygen atoms in total. The van der Waals surface area contributed by atoms with Gasteiger partial charge in [-0.25, -0.2) is 0 Å². The Morgan fingerprint density at radius 2 is 1.82 bits per heavy atom. The Morgan fingerprint density at radius 1 is 1.08 bits per heavy atom. The molecule has 4 rings (SSSR count). The van der Waals surface area contributed by atoms with Crippen molar-refractivity contribution in [2.45, 2.75) is 57.0 Å². The molecule has 208 valence electrons. The number of hydrogen-bond donors (Lipinski definition) is 2. The summed E-state index contributed by atoms with van der Waals surface area (Å²) < 4.78 is 5.06. The molecule has 1 unspecified atom stereocenters. The van der Waals surface area contributed by atoms with Gasteiger partial charge in [0.2, 0.25) is 11.7 Å². The fraction of sp³-hybridized carbons (Fsp3) is 0.448. The van der Waals surface area contributed by atoms with Crippen molar-refractivity contribution in [2.24, 2.45) is 5.92 Å². The lowest BCUT2D eigenvalue weighted by molar-refractivity contribution is -0.122. The highest BCUT2D eigenvalue weighted by Gasteiger charge is 2.29. The quantitative estimate of drug-likeness (QED) is 0.319. The van der Waals surface area contributed by atoms with E-state index in [1.807, 2.05) is 0 Å². The summed E-state index contributed by atoms with van der Waals surface area (Å²) in [7, 11) is 4.33. The Morgan fingerprint density at radius 3 is 2.51 bits per heavy atom. The summed E-state index contributed by atoms with van der Waals surface area (Å²) >= 11 is 12.1. The van der Waals surface area contributed by atoms with Gasteiger partial charge in [-0.3, -0.25) is 9.59 Å². The van der Waals surface area contributed by atoms with E-state index in [1.54, 1.807) is 18.2 Å². The van der Waals surface area contributed by atoms with Crippen LogP contribution in [0.3, 0.4) is 0 Å². The van der Waals surface area contributed by atoms with Gasteiger partial charge in [-0.2, -0.15) is 4.98 Å². The normalized spacial score (nSPS) is 18.1. The highest BCUT2D eigenvalue weighted by atomic mass is 35.5. The van der Waals surface area contributed by atoms with Crippen LogP contribution in [-0.4, -0.2) is 59.6 Å². The zero-order chi connectivity index (χ0) is 27.8. The van der Waals surface area contributed by atoms with Crippen LogP contribution in [0.25, 0.3) is 11.4 Å². The highest BCUT2D eigenvalue weighted by molar-refractivity contribution is 6.36. The van der Waals surface area contributed by atoms with E-state index in [1.165, 1.54) is 5.56 Å². The summed E-state index contributed by atoms with van der Waals surface area (Å²) in [5.41, 5.74) is 1.88. The molecule has 10 heteroatoms. The van der Waals surface area contributed by atoms with Gasteiger partial charge in [-0.05, 0) is 82.3 Å². The Labute approximate surface area is 239 Å². The van der Waals surface area contributed by atoms with Gasteiger partial charge in [0.15, 0.2) is 0 Å². The number of aryl methyl sites for hydroxylation is 1. The standard InChI is InChI=1S/C29H35Cl2N5O3/c1-36(2)25(15-8-19-6-4-3-5-7-19)20-9-12-22(13-10-20)33-26(37)16-17-32-28(38)29-34-27(35-39-29)23-14-11-21(30)18-24(23)31/h3-7,11,14,18,20,22,25H,8-10,12-13,15-17H2,1-2H3,(H,32,38)(H,33,37). The van der Waals surface area contributed by atoms with Gasteiger partial charge in [0.05, 0.1) is 5.02 Å². The number of rotatable bonds is 11. The van der Waals surface area contributed by atoms with E-state index in [0.717, 1.165) is 38.5 Å². The summed E-state index contributed by atoms with van der Waals surface area (Å²) in [5.74, 6) is -0.00841. The monoisotopic (exact) mass is 571 g/mol. The first kappa shape index (κ1) is 29.1. The maximum atomic E-state index is 12.5. The predicted molar refractivity (Wildman–Crippen MR) is 153 cm³/mol. The van der Waals surface area contributed by atoms with Crippen molar-refractivity contribution >= 4 is 35.0 Å². The lowest BCUT2D eigenvalue weighted by Gasteiger charge is -2.37. The number of aromatic nitrogens is 2. The number of nitrogens with zero attached hydrogens (tertiary/aromatic N) is 3. The third kappa shape index (κ3) is 8.27. The van der Waals surface area contributed by atoms with Crippen molar-refractivity contribution in [3.63, 3.8) is 0 Å². The second-order valence-corrected chi connectivity index (χ2v) is 11.1. The lowest BCUT2D eigenvalue weighted by Crippen LogP contribution is -2.43. The summed E-state index contributed by atoms with van der Waals surface area (Å²) in [4.78, 5) is 31.4. The fourth-order valence-electron chi connectivity index (χ4n) is 5.28. The fourth-order valence-corrected chi connectivity index (χ4v) is 5.78. The van der Waals surface area contributed by atoms with Crippen LogP contribution in [0.4, 0.5) is 0 Å². The number of carbonyl (C=O) groups is 2. The van der Waals surface area contributed by atoms with Gasteiger partial charge >= 0.3 is 11.8 Å². The largest absolute Gasteiger partial charge is 0.353 e. The van der Waals surface area contributed by atoms with E-state index in [4.69, 9.17) is 27.7 Å². The average Bonchev–Trinajstić information content (AvgIpc) is 3.40. The molecular weight excluding hydrogens is 537 g/mol. The number of benzene rings is 2. The smallest absolute Gasteiger partial charge is 0.316 e. The Balaban J connectivity index is 1.17. The molecule has 39 heavy (non-hydrogen) atoms. The van der Waals surface area contributed by atoms with Gasteiger partial charge in [0.25, 0.3) is 0 Å². The zero-order valence-electron chi connectivity index (χ0n) is 22.3. The Hall–Kier alpha value is -2.94. The molecular formula is C29H35Cl2N5O3. The third-order valence-electron chi connectivity index (χ3n) is 7.35. The minimum Gasteiger partial charge on any atom is -0.353 e. The number of amides is 2. The first-order chi connectivity index (χ1) is 18.8. The first-order valence-electron chi connectivity index (χ1n) is 13.4. The summed E-state index contributed by atoms with van der Waals surface area (Å²) in [6.45, 7) is 0.168. The average molecular weight is 573 g/mol. The third-order valence-corrected chi connectivity index (χ3v) is 7.89. The van der Waals surface area contributed by atoms with Crippen LogP contribution in [0.1, 0.15) is 54.8 Å². The minimum absolute atomic E-state index is 0.0776. The van der Waals surface area contributed by atoms with Crippen molar-refractivity contribution in [1.29, 1.82) is 0 Å². The molecule has 0 bridgehead atoms. The predicted octanol–water partition coefficient (Wildman–Crippen LogP) is 5.40. The SMILES string of the molecule is CN(C)C(CCc1ccccc1)C1CCC(NC(=O)CCNC(=O)c2nc(-c3ccc(Cl)cc3Cl)no2)CC1. The minimum atomic E-state index is -0.544. The maximum Gasteiger partial charge on any atom is 0.316 e. The van der Waals surface area contributed by atoms with Crippen LogP contribution >= 0.6 is 23.2 Å². The van der Waals surface area contributed by atoms with Crippen LogP contribution in [-0.2, 0) is 11.2 Å². The number of hydrogen-bond acceptors (Lipinski definition) is 6. The molecule has 1 aromatic heterocycles. The molecule has 3 aromatic rings. The van der Waals surface area contributed by atoms with Crippen molar-refractivity contribution in [2.75, 3.05) is 20.6 Å². The van der Waals surface area contributed by atoms with E-state index in [2.05, 4.69) is 70.1 Å². The topological polar surface area (TPSA) is 100 Å². The molecule has 1 aliphatic rings. The van der Waals surface area contributed by atoms with Crippen LogP contribution in [0.5, 0.6) is 0 Å². The molecule has 2 amide bonds. The molecule has 0 aliphatic heterocycles. The molecule has 1 atom stereocenters. The molecule has 1 fully saturated rings. The lowest BCUT2D eigenvalue weighted by atomic mass is 9.79. The van der Waals surface area contributed by atoms with Crippen molar-refractivity contribution < 1.29 is 14.1 Å². The Kier molecular flexibility index (Phi) is 10.4. The molecule has 1 aliphatic carbocycles. The van der Waals surface area contributed by atoms with Gasteiger partial charge in [0, 0.05) is 35.6 Å². The molecule has 1 heterocycles. The van der Waals surface area contributed by atoms with Crippen LogP contribution in [0.15, 0.2) is 53.1 Å². The number of carbonyl (C=O) groups excluding carboxylic acids is 2. The molecule has 2 N–H and O–H groups in total. The van der Waals surface area contributed by atoms with Gasteiger partial charge in [-0.1, -0.05) is 58.7 Å². The van der Waals surface area contributed by atoms with Gasteiger partial charge in [-0.15, -0.1) is 0 Å². The maximum absolute atomic E-state index is 12.5. The van der Waals surface area contributed by atoms with Crippen LogP contribution in [0.2, 0.25) is 10.0 Å². The van der Waals surface area contributed by atoms with Crippen molar-refractivity contribution in [3.8, 4) is 11.4 Å². The second kappa shape index (κ2) is 13.9. The van der Waals surface area contributed by atoms with E-state index in [0.29, 0.717) is 27.6 Å². The van der Waals surface area contributed by atoms with Crippen LogP contribution in [0, 0.1) is 5.92 Å². The second-order valence-electron chi connectivity index (χ2n) is 10.3. The zero-order valence-corrected chi connectivity index (χ0v) is 23.8. The summed E-state index contributed by atoms with van der Waals surface area (Å²) in [5, 5.41) is 10.4. The van der Waals surface area contributed by atoms with Gasteiger partial charge < -0.3 is 20.1 Å². The Bertz CT molecular complexity index is 1240. The van der Waals surface area contributed by atoms with E-state index in [-0.39, 0.29) is 36.6 Å². The first-order valence-corrected chi connectivity index (χ1v) is 14.1. The molecule has 1 saturated carbocycles. The summed E-state index contributed by atoms with van der Waals surface area (Å²) in [6.07, 6.45) is 6.51. The van der Waals surface area contributed by atoms with Crippen molar-refractivity contribution in [1.82, 2.24) is 25.7 Å². The van der Waals surface area contributed by atoms with E-state index >= 15 is 0 Å². The molecule has 0 spiro atoms. The van der Waals surface area contributed by atoms with E-state index in [9.17, 15) is 9.59 Å². The van der Waals surface area contributed by atoms with E-state index < -0.39 is 5.91 Å². The highest BCUT2D eigenvalue weighted by Crippen LogP contribution is 2.31.